The second kappa shape index (κ2) is 16.7. The van der Waals surface area contributed by atoms with Gasteiger partial charge in [-0.2, -0.15) is 0 Å². The van der Waals surface area contributed by atoms with Crippen LogP contribution in [0.4, 0.5) is 4.79 Å². The second-order valence-electron chi connectivity index (χ2n) is 10.3. The summed E-state index contributed by atoms with van der Waals surface area (Å²) in [7, 11) is 0. The number of amides is 4. The van der Waals surface area contributed by atoms with E-state index in [2.05, 4.69) is 16.1 Å². The number of benzene rings is 2. The van der Waals surface area contributed by atoms with Gasteiger partial charge in [-0.25, -0.2) is 9.80 Å². The van der Waals surface area contributed by atoms with E-state index in [1.807, 2.05) is 80.6 Å². The zero-order valence-electron chi connectivity index (χ0n) is 23.4. The summed E-state index contributed by atoms with van der Waals surface area (Å²) in [5.74, 6) is -1.17. The number of rotatable bonds is 13. The summed E-state index contributed by atoms with van der Waals surface area (Å²) < 4.78 is 5.42. The van der Waals surface area contributed by atoms with E-state index in [9.17, 15) is 24.3 Å². The molecule has 0 aliphatic heterocycles. The molecule has 2 aromatic carbocycles. The molecule has 0 aromatic heterocycles. The average Bonchev–Trinajstić information content (AvgIpc) is 2.91. The molecule has 0 saturated heterocycles. The van der Waals surface area contributed by atoms with Crippen LogP contribution < -0.4 is 16.1 Å². The van der Waals surface area contributed by atoms with Gasteiger partial charge >= 0.3 is 6.09 Å². The molecule has 2 aromatic rings. The molecule has 11 heteroatoms. The lowest BCUT2D eigenvalue weighted by molar-refractivity contribution is -0.142. The lowest BCUT2D eigenvalue weighted by atomic mass is 10.0. The minimum absolute atomic E-state index is 0.0502. The number of nitrogens with one attached hydrogen (secondary N) is 3. The largest absolute Gasteiger partial charge is 0.508 e. The highest BCUT2D eigenvalue weighted by Crippen LogP contribution is 2.13. The van der Waals surface area contributed by atoms with Crippen molar-refractivity contribution < 1.29 is 29.0 Å². The van der Waals surface area contributed by atoms with Crippen molar-refractivity contribution >= 4 is 46.4 Å². The van der Waals surface area contributed by atoms with Gasteiger partial charge in [0.25, 0.3) is 11.8 Å². The first-order valence-electron chi connectivity index (χ1n) is 13.2. The SMILES string of the molecule is CC(C)C[C@H](NC(=O)OCc1ccccc1)C(=O)N[C@@H](CC(C)C)C(=O)NN(Cc1ccc(O)cc1)C(=O)CI. The fourth-order valence-corrected chi connectivity index (χ4v) is 4.25. The Hall–Kier alpha value is -3.35. The van der Waals surface area contributed by atoms with Crippen LogP contribution in [0.3, 0.4) is 0 Å². The van der Waals surface area contributed by atoms with Gasteiger partial charge in [-0.05, 0) is 47.9 Å². The number of alkyl halides is 1. The van der Waals surface area contributed by atoms with Crippen LogP contribution >= 0.6 is 22.6 Å². The van der Waals surface area contributed by atoms with Gasteiger partial charge in [-0.1, -0.05) is 92.8 Å². The maximum absolute atomic E-state index is 13.3. The number of hydrogen-bond acceptors (Lipinski definition) is 6. The molecule has 0 unspecified atom stereocenters. The lowest BCUT2D eigenvalue weighted by Gasteiger charge is -2.28. The van der Waals surface area contributed by atoms with Crippen molar-refractivity contribution in [3.05, 3.63) is 65.7 Å². The average molecular weight is 667 g/mol. The number of nitrogens with zero attached hydrogens (tertiary/aromatic N) is 1. The third-order valence-corrected chi connectivity index (χ3v) is 6.46. The number of hydrazine groups is 1. The van der Waals surface area contributed by atoms with Crippen molar-refractivity contribution in [1.29, 1.82) is 0 Å². The molecule has 0 aliphatic rings. The van der Waals surface area contributed by atoms with E-state index in [4.69, 9.17) is 4.74 Å². The lowest BCUT2D eigenvalue weighted by Crippen LogP contribution is -2.57. The molecule has 2 rings (SSSR count). The van der Waals surface area contributed by atoms with Crippen LogP contribution in [0.2, 0.25) is 0 Å². The molecule has 10 nitrogen and oxygen atoms in total. The van der Waals surface area contributed by atoms with Crippen LogP contribution in [0.25, 0.3) is 0 Å². The third kappa shape index (κ3) is 11.8. The van der Waals surface area contributed by atoms with E-state index in [1.54, 1.807) is 12.1 Å². The summed E-state index contributed by atoms with van der Waals surface area (Å²) >= 11 is 1.92. The quantitative estimate of drug-likeness (QED) is 0.145. The molecule has 0 spiro atoms. The highest BCUT2D eigenvalue weighted by atomic mass is 127. The maximum Gasteiger partial charge on any atom is 0.408 e. The molecule has 40 heavy (non-hydrogen) atoms. The van der Waals surface area contributed by atoms with Crippen molar-refractivity contribution in [2.24, 2.45) is 11.8 Å². The minimum atomic E-state index is -0.950. The topological polar surface area (TPSA) is 137 Å². The summed E-state index contributed by atoms with van der Waals surface area (Å²) in [4.78, 5) is 51.8. The van der Waals surface area contributed by atoms with Gasteiger partial charge in [-0.15, -0.1) is 0 Å². The third-order valence-electron chi connectivity index (χ3n) is 5.81. The van der Waals surface area contributed by atoms with E-state index in [0.717, 1.165) is 5.56 Å². The number of hydrogen-bond donors (Lipinski definition) is 4. The second-order valence-corrected chi connectivity index (χ2v) is 11.1. The van der Waals surface area contributed by atoms with Gasteiger partial charge < -0.3 is 20.5 Å². The number of phenols is 1. The summed E-state index contributed by atoms with van der Waals surface area (Å²) in [6.45, 7) is 7.82. The molecule has 218 valence electrons. The summed E-state index contributed by atoms with van der Waals surface area (Å²) in [5.41, 5.74) is 4.17. The molecule has 0 saturated carbocycles. The normalized spacial score (nSPS) is 12.4. The van der Waals surface area contributed by atoms with E-state index >= 15 is 0 Å². The zero-order valence-corrected chi connectivity index (χ0v) is 25.5. The summed E-state index contributed by atoms with van der Waals surface area (Å²) in [5, 5.41) is 16.1. The number of carbonyl (C=O) groups excluding carboxylic acids is 4. The number of carbonyl (C=O) groups is 4. The molecule has 4 amide bonds. The highest BCUT2D eigenvalue weighted by molar-refractivity contribution is 14.1. The molecule has 0 bridgehead atoms. The van der Waals surface area contributed by atoms with E-state index in [1.165, 1.54) is 17.1 Å². The fraction of sp³-hybridized carbons (Fsp3) is 0.448. The number of halogens is 1. The maximum atomic E-state index is 13.3. The summed E-state index contributed by atoms with van der Waals surface area (Å²) in [6, 6.07) is 13.6. The van der Waals surface area contributed by atoms with Crippen LogP contribution in [0.1, 0.15) is 51.7 Å². The Morgan fingerprint density at radius 3 is 1.95 bits per heavy atom. The minimum Gasteiger partial charge on any atom is -0.508 e. The monoisotopic (exact) mass is 666 g/mol. The molecule has 2 atom stereocenters. The number of ether oxygens (including phenoxy) is 1. The molecule has 0 aliphatic carbocycles. The Balaban J connectivity index is 2.11. The van der Waals surface area contributed by atoms with E-state index in [0.29, 0.717) is 18.4 Å². The molecule has 0 heterocycles. The van der Waals surface area contributed by atoms with Crippen molar-refractivity contribution in [3.63, 3.8) is 0 Å². The first-order chi connectivity index (χ1) is 19.0. The number of aromatic hydroxyl groups is 1. The van der Waals surface area contributed by atoms with Crippen molar-refractivity contribution in [2.45, 2.75) is 65.8 Å². The molecule has 4 N–H and O–H groups in total. The number of alkyl carbamates (subject to hydrolysis) is 1. The number of phenolic OH excluding ortho intramolecular Hbond substituents is 1. The van der Waals surface area contributed by atoms with Gasteiger partial charge in [0, 0.05) is 0 Å². The van der Waals surface area contributed by atoms with Crippen LogP contribution in [-0.4, -0.2) is 50.4 Å². The Kier molecular flexibility index (Phi) is 13.7. The Morgan fingerprint density at radius 1 is 0.825 bits per heavy atom. The van der Waals surface area contributed by atoms with Crippen molar-refractivity contribution in [2.75, 3.05) is 4.43 Å². The zero-order chi connectivity index (χ0) is 29.7. The van der Waals surface area contributed by atoms with Gasteiger partial charge in [-0.3, -0.25) is 19.8 Å². The first kappa shape index (κ1) is 32.9. The van der Waals surface area contributed by atoms with Crippen LogP contribution in [0.15, 0.2) is 54.6 Å². The predicted octanol–water partition coefficient (Wildman–Crippen LogP) is 4.06. The Labute approximate surface area is 249 Å². The molecule has 0 radical (unpaired) electrons. The molecule has 0 fully saturated rings. The van der Waals surface area contributed by atoms with Gasteiger partial charge in [0.2, 0.25) is 5.91 Å². The van der Waals surface area contributed by atoms with Crippen molar-refractivity contribution in [1.82, 2.24) is 21.1 Å². The van der Waals surface area contributed by atoms with Gasteiger partial charge in [0.05, 0.1) is 11.0 Å². The smallest absolute Gasteiger partial charge is 0.408 e. The van der Waals surface area contributed by atoms with Crippen LogP contribution in [0.5, 0.6) is 5.75 Å². The molecular formula is C29H39IN4O6. The van der Waals surface area contributed by atoms with Crippen LogP contribution in [-0.2, 0) is 32.3 Å². The van der Waals surface area contributed by atoms with Gasteiger partial charge in [0.15, 0.2) is 0 Å². The van der Waals surface area contributed by atoms with Crippen molar-refractivity contribution in [3.8, 4) is 5.75 Å². The van der Waals surface area contributed by atoms with E-state index in [-0.39, 0.29) is 41.1 Å². The Bertz CT molecular complexity index is 1110. The fourth-order valence-electron chi connectivity index (χ4n) is 3.84. The standard InChI is InChI=1S/C29H39IN4O6/c1-19(2)14-24(32-29(39)40-18-22-8-6-5-7-9-22)27(37)31-25(15-20(3)4)28(38)33-34(26(36)16-30)17-21-10-12-23(35)13-11-21/h5-13,19-20,24-25,35H,14-18H2,1-4H3,(H,31,37)(H,32,39)(H,33,38)/t24-,25-/m0/s1. The summed E-state index contributed by atoms with van der Waals surface area (Å²) in [6.07, 6.45) is -0.0828. The van der Waals surface area contributed by atoms with Gasteiger partial charge in [0.1, 0.15) is 24.4 Å². The highest BCUT2D eigenvalue weighted by Gasteiger charge is 2.30. The van der Waals surface area contributed by atoms with E-state index < -0.39 is 30.0 Å². The van der Waals surface area contributed by atoms with Crippen LogP contribution in [0, 0.1) is 11.8 Å². The Morgan fingerprint density at radius 2 is 1.40 bits per heavy atom. The molecular weight excluding hydrogens is 627 g/mol. The first-order valence-corrected chi connectivity index (χ1v) is 14.7. The predicted molar refractivity (Wildman–Crippen MR) is 160 cm³/mol.